The zero-order valence-corrected chi connectivity index (χ0v) is 26.3. The molecule has 0 heterocycles. The molecular formula is C37H32F10O2. The fourth-order valence-electron chi connectivity index (χ4n) is 6.35. The Bertz CT molecular complexity index is 1710. The summed E-state index contributed by atoms with van der Waals surface area (Å²) in [6, 6.07) is 10.6. The van der Waals surface area contributed by atoms with E-state index in [2.05, 4.69) is 16.4 Å². The van der Waals surface area contributed by atoms with Crippen molar-refractivity contribution in [2.45, 2.75) is 76.7 Å². The molecule has 4 aromatic rings. The van der Waals surface area contributed by atoms with Crippen molar-refractivity contribution in [3.05, 3.63) is 107 Å². The highest BCUT2D eigenvalue weighted by Gasteiger charge is 2.41. The minimum Gasteiger partial charge on any atom is -0.429 e. The molecule has 49 heavy (non-hydrogen) atoms. The van der Waals surface area contributed by atoms with Crippen molar-refractivity contribution in [1.82, 2.24) is 0 Å². The standard InChI is InChI=1S/C37H32F10O2/c1-2-3-4-5-21-6-8-22(9-7-21)24-12-15-28(29(38)16-24)26-19-30(39)34(31(40)20-26)36(43,44)48-27-13-10-23(11-14-27)25-17-32(41)35(33(42)18-25)49-37(45,46)47/h10-22H,2-9H2,1H3. The average Bonchev–Trinajstić information content (AvgIpc) is 3.02. The highest BCUT2D eigenvalue weighted by atomic mass is 19.4. The molecule has 0 amide bonds. The summed E-state index contributed by atoms with van der Waals surface area (Å²) in [5.41, 5.74) is -1.67. The average molecular weight is 699 g/mol. The largest absolute Gasteiger partial charge is 0.573 e. The smallest absolute Gasteiger partial charge is 0.429 e. The van der Waals surface area contributed by atoms with Crippen LogP contribution in [0.2, 0.25) is 0 Å². The lowest BCUT2D eigenvalue weighted by Gasteiger charge is -2.29. The Hall–Kier alpha value is -4.22. The molecule has 1 aliphatic rings. The second-order valence-corrected chi connectivity index (χ2v) is 12.2. The van der Waals surface area contributed by atoms with Crippen LogP contribution in [0.4, 0.5) is 43.9 Å². The molecule has 0 radical (unpaired) electrons. The van der Waals surface area contributed by atoms with Crippen LogP contribution in [0.5, 0.6) is 11.5 Å². The van der Waals surface area contributed by atoms with Gasteiger partial charge in [-0.25, -0.2) is 22.0 Å². The van der Waals surface area contributed by atoms with Gasteiger partial charge in [-0.2, -0.15) is 8.78 Å². The number of unbranched alkanes of at least 4 members (excludes halogenated alkanes) is 2. The monoisotopic (exact) mass is 698 g/mol. The summed E-state index contributed by atoms with van der Waals surface area (Å²) >= 11 is 0. The summed E-state index contributed by atoms with van der Waals surface area (Å²) < 4.78 is 149. The van der Waals surface area contributed by atoms with Crippen molar-refractivity contribution in [1.29, 1.82) is 0 Å². The van der Waals surface area contributed by atoms with Gasteiger partial charge in [-0.15, -0.1) is 13.2 Å². The third kappa shape index (κ3) is 8.69. The van der Waals surface area contributed by atoms with Crippen molar-refractivity contribution < 1.29 is 53.4 Å². The van der Waals surface area contributed by atoms with Crippen molar-refractivity contribution in [3.8, 4) is 33.8 Å². The van der Waals surface area contributed by atoms with E-state index >= 15 is 22.0 Å². The van der Waals surface area contributed by atoms with E-state index in [9.17, 15) is 22.0 Å². The Balaban J connectivity index is 1.28. The fourth-order valence-corrected chi connectivity index (χ4v) is 6.35. The van der Waals surface area contributed by atoms with Crippen LogP contribution < -0.4 is 9.47 Å². The predicted octanol–water partition coefficient (Wildman–Crippen LogP) is 12.6. The molecule has 0 atom stereocenters. The van der Waals surface area contributed by atoms with Crippen LogP contribution in [0.1, 0.15) is 75.3 Å². The molecule has 12 heteroatoms. The number of benzene rings is 4. The lowest BCUT2D eigenvalue weighted by Crippen LogP contribution is -2.25. The molecule has 0 N–H and O–H groups in total. The predicted molar refractivity (Wildman–Crippen MR) is 164 cm³/mol. The molecule has 5 rings (SSSR count). The van der Waals surface area contributed by atoms with Crippen LogP contribution in [-0.4, -0.2) is 6.36 Å². The topological polar surface area (TPSA) is 18.5 Å². The Morgan fingerprint density at radius 3 is 1.76 bits per heavy atom. The van der Waals surface area contributed by atoms with E-state index in [1.54, 1.807) is 6.07 Å². The zero-order valence-electron chi connectivity index (χ0n) is 26.3. The number of halogens is 10. The summed E-state index contributed by atoms with van der Waals surface area (Å²) in [5, 5.41) is 0. The third-order valence-electron chi connectivity index (χ3n) is 8.82. The zero-order chi connectivity index (χ0) is 35.5. The van der Waals surface area contributed by atoms with E-state index in [0.717, 1.165) is 61.9 Å². The van der Waals surface area contributed by atoms with Gasteiger partial charge in [-0.3, -0.25) is 0 Å². The van der Waals surface area contributed by atoms with E-state index in [4.69, 9.17) is 0 Å². The van der Waals surface area contributed by atoms with Crippen LogP contribution >= 0.6 is 0 Å². The molecule has 0 saturated heterocycles. The van der Waals surface area contributed by atoms with Gasteiger partial charge in [0.2, 0.25) is 5.75 Å². The van der Waals surface area contributed by atoms with Gasteiger partial charge in [-0.05, 0) is 102 Å². The van der Waals surface area contributed by atoms with Gasteiger partial charge < -0.3 is 9.47 Å². The van der Waals surface area contributed by atoms with E-state index < -0.39 is 58.6 Å². The summed E-state index contributed by atoms with van der Waals surface area (Å²) in [7, 11) is 0. The molecule has 0 unspecified atom stereocenters. The minimum atomic E-state index is -5.35. The maximum Gasteiger partial charge on any atom is 0.573 e. The van der Waals surface area contributed by atoms with Crippen molar-refractivity contribution in [2.24, 2.45) is 5.92 Å². The normalized spacial score (nSPS) is 16.9. The Morgan fingerprint density at radius 2 is 1.20 bits per heavy atom. The minimum absolute atomic E-state index is 0.0168. The Morgan fingerprint density at radius 1 is 0.612 bits per heavy atom. The maximum absolute atomic E-state index is 15.2. The highest BCUT2D eigenvalue weighted by molar-refractivity contribution is 5.66. The summed E-state index contributed by atoms with van der Waals surface area (Å²) in [6.07, 6.45) is -1.22. The number of ether oxygens (including phenoxy) is 2. The lowest BCUT2D eigenvalue weighted by atomic mass is 9.77. The number of rotatable bonds is 11. The lowest BCUT2D eigenvalue weighted by molar-refractivity contribution is -0.276. The summed E-state index contributed by atoms with van der Waals surface area (Å²) in [6.45, 7) is 2.16. The van der Waals surface area contributed by atoms with Crippen LogP contribution in [0.3, 0.4) is 0 Å². The SMILES string of the molecule is CCCCCC1CCC(c2ccc(-c3cc(F)c(C(F)(F)Oc4ccc(-c5cc(F)c(OC(F)(F)F)c(F)c5)cc4)c(F)c3)c(F)c2)CC1. The van der Waals surface area contributed by atoms with Crippen molar-refractivity contribution in [3.63, 3.8) is 0 Å². The first-order valence-corrected chi connectivity index (χ1v) is 15.9. The quantitative estimate of drug-likeness (QED) is 0.115. The number of alkyl halides is 5. The molecule has 0 bridgehead atoms. The van der Waals surface area contributed by atoms with Crippen LogP contribution in [0.15, 0.2) is 66.7 Å². The molecule has 1 saturated carbocycles. The third-order valence-corrected chi connectivity index (χ3v) is 8.82. The number of hydrogen-bond acceptors (Lipinski definition) is 2. The van der Waals surface area contributed by atoms with Crippen LogP contribution in [0, 0.1) is 35.0 Å². The van der Waals surface area contributed by atoms with E-state index in [1.807, 2.05) is 0 Å². The van der Waals surface area contributed by atoms with E-state index in [0.29, 0.717) is 30.2 Å². The molecule has 0 spiro atoms. The first kappa shape index (κ1) is 36.1. The Kier molecular flexibility index (Phi) is 10.8. The van der Waals surface area contributed by atoms with Crippen molar-refractivity contribution in [2.75, 3.05) is 0 Å². The van der Waals surface area contributed by atoms with E-state index in [-0.39, 0.29) is 28.2 Å². The summed E-state index contributed by atoms with van der Waals surface area (Å²) in [5.74, 6) is -8.90. The van der Waals surface area contributed by atoms with Gasteiger partial charge in [-0.1, -0.05) is 56.9 Å². The summed E-state index contributed by atoms with van der Waals surface area (Å²) in [4.78, 5) is 0. The molecule has 0 aromatic heterocycles. The first-order chi connectivity index (χ1) is 23.1. The second kappa shape index (κ2) is 14.7. The van der Waals surface area contributed by atoms with E-state index in [1.165, 1.54) is 31.4 Å². The molecular weight excluding hydrogens is 666 g/mol. The van der Waals surface area contributed by atoms with Gasteiger partial charge >= 0.3 is 12.5 Å². The van der Waals surface area contributed by atoms with Gasteiger partial charge in [0.25, 0.3) is 0 Å². The maximum atomic E-state index is 15.2. The number of hydrogen-bond donors (Lipinski definition) is 0. The van der Waals surface area contributed by atoms with Gasteiger partial charge in [0, 0.05) is 5.56 Å². The van der Waals surface area contributed by atoms with Gasteiger partial charge in [0.15, 0.2) is 11.6 Å². The molecule has 1 aliphatic carbocycles. The van der Waals surface area contributed by atoms with Crippen LogP contribution in [0.25, 0.3) is 22.3 Å². The first-order valence-electron chi connectivity index (χ1n) is 15.9. The van der Waals surface area contributed by atoms with Gasteiger partial charge in [0.05, 0.1) is 0 Å². The second-order valence-electron chi connectivity index (χ2n) is 12.2. The molecule has 0 aliphatic heterocycles. The molecule has 1 fully saturated rings. The van der Waals surface area contributed by atoms with Crippen LogP contribution in [-0.2, 0) is 6.11 Å². The molecule has 4 aromatic carbocycles. The Labute approximate surface area is 276 Å². The van der Waals surface area contributed by atoms with Crippen molar-refractivity contribution >= 4 is 0 Å². The molecule has 2 nitrogen and oxygen atoms in total. The van der Waals surface area contributed by atoms with Gasteiger partial charge in [0.1, 0.15) is 28.8 Å². The highest BCUT2D eigenvalue weighted by Crippen LogP contribution is 2.41. The molecule has 262 valence electrons. The fraction of sp³-hybridized carbons (Fsp3) is 0.351.